The van der Waals surface area contributed by atoms with E-state index in [-0.39, 0.29) is 103 Å². The molecule has 2 saturated heterocycles. The number of nitrogens with one attached hydrogen (secondary N) is 6. The minimum Gasteiger partial charge on any atom is -0.445 e. The molecule has 2 heterocycles. The quantitative estimate of drug-likeness (QED) is 0.0146. The van der Waals surface area contributed by atoms with Gasteiger partial charge in [0.2, 0.25) is 35.4 Å². The highest BCUT2D eigenvalue weighted by atomic mass is 33.2. The van der Waals surface area contributed by atoms with Crippen LogP contribution < -0.4 is 43.4 Å². The van der Waals surface area contributed by atoms with Gasteiger partial charge in [0.15, 0.2) is 8.41 Å². The highest BCUT2D eigenvalue weighted by Gasteiger charge is 2.57. The molecule has 0 aromatic carbocycles. The lowest BCUT2D eigenvalue weighted by molar-refractivity contribution is -0.136. The minimum absolute atomic E-state index is 0.00280. The number of hydrogen-bond donors (Lipinski definition) is 8. The predicted molar refractivity (Wildman–Crippen MR) is 284 cm³/mol. The molecule has 74 heavy (non-hydrogen) atoms. The van der Waals surface area contributed by atoms with Crippen LogP contribution in [0, 0.1) is 11.8 Å². The Bertz CT molecular complexity index is 1830. The Kier molecular flexibility index (Phi) is 28.3. The fourth-order valence-electron chi connectivity index (χ4n) is 6.75. The molecule has 2 rings (SSSR count). The van der Waals surface area contributed by atoms with E-state index in [1.54, 1.807) is 41.5 Å². The highest BCUT2D eigenvalue weighted by Crippen LogP contribution is 2.68. The first-order valence-electron chi connectivity index (χ1n) is 24.2. The molecule has 2 atom stereocenters. The summed E-state index contributed by atoms with van der Waals surface area (Å²) in [4.78, 5) is 130. The van der Waals surface area contributed by atoms with Gasteiger partial charge in [0, 0.05) is 78.0 Å². The van der Waals surface area contributed by atoms with Gasteiger partial charge in [-0.3, -0.25) is 39.4 Å². The van der Waals surface area contributed by atoms with Crippen molar-refractivity contribution in [1.82, 2.24) is 41.7 Å². The first-order valence-corrected chi connectivity index (χ1v) is 28.5. The number of carbonyl (C=O) groups is 10. The van der Waals surface area contributed by atoms with Gasteiger partial charge in [0.1, 0.15) is 24.4 Å². The predicted octanol–water partition coefficient (Wildman–Crippen LogP) is 3.95. The fourth-order valence-corrected chi connectivity index (χ4v) is 11.3. The van der Waals surface area contributed by atoms with E-state index in [2.05, 4.69) is 45.1 Å². The van der Waals surface area contributed by atoms with Crippen molar-refractivity contribution in [2.24, 2.45) is 23.3 Å². The second kappa shape index (κ2) is 32.3. The monoisotopic (exact) mass is 1120 g/mol. The summed E-state index contributed by atoms with van der Waals surface area (Å²) in [5, 5.41) is 16.1. The number of amides is 10. The number of unbranched alkanes of at least 4 members (excludes halogenated alkanes) is 2. The van der Waals surface area contributed by atoms with Crippen molar-refractivity contribution < 1.29 is 66.9 Å². The van der Waals surface area contributed by atoms with E-state index in [1.807, 2.05) is 0 Å². The Morgan fingerprint density at radius 3 is 1.16 bits per heavy atom. The molecular formula is C46H76N10O14S4. The lowest BCUT2D eigenvalue weighted by Gasteiger charge is -2.28. The number of ether oxygens (including phenoxy) is 4. The van der Waals surface area contributed by atoms with Crippen molar-refractivity contribution in [3.63, 3.8) is 0 Å². The number of primary amides is 2. The van der Waals surface area contributed by atoms with E-state index in [9.17, 15) is 47.9 Å². The van der Waals surface area contributed by atoms with Crippen LogP contribution in [0.5, 0.6) is 0 Å². The summed E-state index contributed by atoms with van der Waals surface area (Å²) in [6.07, 6.45) is 1.93. The third kappa shape index (κ3) is 26.8. The largest absolute Gasteiger partial charge is 0.445 e. The van der Waals surface area contributed by atoms with Gasteiger partial charge in [0.05, 0.1) is 11.8 Å². The van der Waals surface area contributed by atoms with E-state index in [0.29, 0.717) is 38.5 Å². The average Bonchev–Trinajstić information content (AvgIpc) is 4.24. The molecule has 10 N–H and O–H groups in total. The van der Waals surface area contributed by atoms with Gasteiger partial charge in [0.25, 0.3) is 0 Å². The summed E-state index contributed by atoms with van der Waals surface area (Å²) in [6.45, 7) is 17.2. The summed E-state index contributed by atoms with van der Waals surface area (Å²) in [5.41, 5.74) is 9.82. The third-order valence-corrected chi connectivity index (χ3v) is 16.2. The molecule has 0 aromatic heterocycles. The summed E-state index contributed by atoms with van der Waals surface area (Å²) >= 11 is 0. The number of alkyl carbamates (subject to hydrolysis) is 4. The van der Waals surface area contributed by atoms with Crippen LogP contribution in [0.2, 0.25) is 0 Å². The van der Waals surface area contributed by atoms with Gasteiger partial charge in [-0.1, -0.05) is 38.2 Å². The molecule has 0 saturated carbocycles. The van der Waals surface area contributed by atoms with Crippen LogP contribution in [0.4, 0.5) is 19.2 Å². The molecule has 0 aromatic rings. The van der Waals surface area contributed by atoms with Gasteiger partial charge < -0.3 is 61.5 Å². The molecule has 0 aliphatic carbocycles. The lowest BCUT2D eigenvalue weighted by atomic mass is 10.0. The van der Waals surface area contributed by atoms with Crippen LogP contribution in [0.3, 0.4) is 0 Å². The van der Waals surface area contributed by atoms with Crippen LogP contribution in [-0.2, 0) is 47.7 Å². The topological polar surface area (TPSA) is 338 Å². The highest BCUT2D eigenvalue weighted by molar-refractivity contribution is 8.93. The zero-order valence-corrected chi connectivity index (χ0v) is 46.5. The standard InChI is InChI=1S/C46H76N10O14S4/c1-9-29-67-41(65)53-45(71-72-45)31(37(47)61)15-11-13-21-49-33(57)19-25-55(35(59)17-23-51-39(63)69-43(3,4)5)27-28-56(36(60)18-24-52-40(64)70-44(6,7)8)26-20-34(58)50-22-14-12-16-32(38(48)62)46(73-74-46)54-42(66)68-30-10-2/h9-10,31-32H,1-2,11-30H2,3-8H3,(H2,47,61)(H2,48,62)(H,49,57)(H,50,58)(H,51,63)(H,52,64)(H,53,65)(H,54,66)/t31-,32-/m0/s1. The molecule has 2 aliphatic rings. The van der Waals surface area contributed by atoms with Gasteiger partial charge in [-0.05, 0) is 110 Å². The molecule has 24 nitrogen and oxygen atoms in total. The number of carbonyl (C=O) groups excluding carboxylic acids is 10. The molecule has 0 radical (unpaired) electrons. The first kappa shape index (κ1) is 64.9. The van der Waals surface area contributed by atoms with Crippen molar-refractivity contribution in [1.29, 1.82) is 0 Å². The Hall–Kier alpha value is -5.22. The van der Waals surface area contributed by atoms with E-state index in [0.717, 1.165) is 0 Å². The van der Waals surface area contributed by atoms with Crippen molar-refractivity contribution in [3.05, 3.63) is 25.3 Å². The van der Waals surface area contributed by atoms with E-state index < -0.39 is 79.4 Å². The van der Waals surface area contributed by atoms with Crippen LogP contribution in [0.15, 0.2) is 25.3 Å². The summed E-state index contributed by atoms with van der Waals surface area (Å²) in [5.74, 6) is -4.25. The number of hydrogen-bond acceptors (Lipinski definition) is 18. The number of nitrogens with zero attached hydrogens (tertiary/aromatic N) is 2. The molecule has 2 aliphatic heterocycles. The smallest absolute Gasteiger partial charge is 0.409 e. The maximum atomic E-state index is 13.7. The Balaban J connectivity index is 2.08. The maximum Gasteiger partial charge on any atom is 0.409 e. The summed E-state index contributed by atoms with van der Waals surface area (Å²) in [7, 11) is 5.18. The molecule has 10 amide bonds. The molecule has 418 valence electrons. The van der Waals surface area contributed by atoms with Gasteiger partial charge in [-0.25, -0.2) is 19.2 Å². The fraction of sp³-hybridized carbons (Fsp3) is 0.696. The number of nitrogens with two attached hydrogens (primary N) is 2. The normalized spacial score (nSPS) is 14.7. The Morgan fingerprint density at radius 1 is 0.514 bits per heavy atom. The van der Waals surface area contributed by atoms with Crippen molar-refractivity contribution in [3.8, 4) is 0 Å². The van der Waals surface area contributed by atoms with Crippen LogP contribution >= 0.6 is 43.2 Å². The molecule has 0 spiro atoms. The van der Waals surface area contributed by atoms with Crippen LogP contribution in [0.1, 0.15) is 106 Å². The van der Waals surface area contributed by atoms with E-state index >= 15 is 0 Å². The average molecular weight is 1120 g/mol. The second-order valence-corrected chi connectivity index (χ2v) is 24.7. The second-order valence-electron chi connectivity index (χ2n) is 18.9. The van der Waals surface area contributed by atoms with Crippen molar-refractivity contribution >= 4 is 103 Å². The SMILES string of the molecule is C=CCOC(=O)NC1([C@@H](CCCCNC(=O)CCN(CCN(CCC(=O)NCCCC[C@@H](C(N)=O)C2(NC(=O)OCC=C)SS2)C(=O)CCNC(=O)OC(C)(C)C)C(=O)CCNC(=O)OC(C)(C)C)C(N)=O)SS1. The van der Waals surface area contributed by atoms with Crippen molar-refractivity contribution in [2.75, 3.05) is 65.6 Å². The van der Waals surface area contributed by atoms with Crippen LogP contribution in [0.25, 0.3) is 0 Å². The molecule has 2 fully saturated rings. The summed E-state index contributed by atoms with van der Waals surface area (Å²) < 4.78 is 18.6. The molecule has 0 unspecified atom stereocenters. The van der Waals surface area contributed by atoms with Gasteiger partial charge >= 0.3 is 24.4 Å². The maximum absolute atomic E-state index is 13.7. The Morgan fingerprint density at radius 2 is 0.865 bits per heavy atom. The molecule has 28 heteroatoms. The third-order valence-electron chi connectivity index (χ3n) is 10.4. The zero-order valence-electron chi connectivity index (χ0n) is 43.3. The minimum atomic E-state index is -0.945. The first-order chi connectivity index (χ1) is 34.7. The summed E-state index contributed by atoms with van der Waals surface area (Å²) in [6, 6.07) is 0. The van der Waals surface area contributed by atoms with E-state index in [1.165, 1.54) is 65.1 Å². The van der Waals surface area contributed by atoms with Crippen LogP contribution in [-0.4, -0.2) is 155 Å². The van der Waals surface area contributed by atoms with Gasteiger partial charge in [-0.2, -0.15) is 0 Å². The zero-order chi connectivity index (χ0) is 55.5. The lowest BCUT2D eigenvalue weighted by Crippen LogP contribution is -2.46. The molecule has 0 bridgehead atoms. The number of rotatable bonds is 35. The molecular weight excluding hydrogens is 1040 g/mol. The van der Waals surface area contributed by atoms with E-state index in [4.69, 9.17) is 30.4 Å². The van der Waals surface area contributed by atoms with Crippen molar-refractivity contribution in [2.45, 2.75) is 125 Å². The van der Waals surface area contributed by atoms with Gasteiger partial charge in [-0.15, -0.1) is 0 Å². The Labute approximate surface area is 449 Å².